The van der Waals surface area contributed by atoms with E-state index < -0.39 is 21.3 Å². The number of rotatable bonds is 6. The van der Waals surface area contributed by atoms with Gasteiger partial charge in [0, 0.05) is 20.9 Å². The number of thioether (sulfide) groups is 2. The summed E-state index contributed by atoms with van der Waals surface area (Å²) in [6, 6.07) is 44.0. The summed E-state index contributed by atoms with van der Waals surface area (Å²) in [6.07, 6.45) is 0. The lowest BCUT2D eigenvalue weighted by molar-refractivity contribution is -0.119. The third kappa shape index (κ3) is 4.31. The zero-order chi connectivity index (χ0) is 33.0. The molecule has 4 atom stereocenters. The Morgan fingerprint density at radius 2 is 0.771 bits per heavy atom. The second kappa shape index (κ2) is 11.5. The number of carbonyl (C=O) groups excluding carboxylic acids is 1. The molecule has 2 aliphatic heterocycles. The average molecular weight is 667 g/mol. The fourth-order valence-corrected chi connectivity index (χ4v) is 11.0. The van der Waals surface area contributed by atoms with Crippen LogP contribution >= 0.6 is 23.5 Å². The monoisotopic (exact) mass is 666 g/mol. The van der Waals surface area contributed by atoms with E-state index in [4.69, 9.17) is 0 Å². The molecule has 48 heavy (non-hydrogen) atoms. The molecule has 0 saturated heterocycles. The summed E-state index contributed by atoms with van der Waals surface area (Å²) < 4.78 is 0. The van der Waals surface area contributed by atoms with Crippen molar-refractivity contribution in [3.05, 3.63) is 179 Å². The van der Waals surface area contributed by atoms with Crippen molar-refractivity contribution in [1.82, 2.24) is 0 Å². The van der Waals surface area contributed by atoms with Gasteiger partial charge in [0.15, 0.2) is 5.78 Å². The summed E-state index contributed by atoms with van der Waals surface area (Å²) in [4.78, 5) is 17.8. The maximum absolute atomic E-state index is 16.0. The van der Waals surface area contributed by atoms with Gasteiger partial charge in [0.25, 0.3) is 0 Å². The van der Waals surface area contributed by atoms with Crippen LogP contribution in [0.1, 0.15) is 33.4 Å². The lowest BCUT2D eigenvalue weighted by atomic mass is 9.62. The van der Waals surface area contributed by atoms with Crippen LogP contribution in [0.25, 0.3) is 0 Å². The molecule has 0 aromatic heterocycles. The Kier molecular flexibility index (Phi) is 7.27. The Balaban J connectivity index is 1.44. The van der Waals surface area contributed by atoms with E-state index in [1.165, 1.54) is 23.5 Å². The molecule has 5 nitrogen and oxygen atoms in total. The van der Waals surface area contributed by atoms with Gasteiger partial charge in [-0.05, 0) is 70.8 Å². The Bertz CT molecular complexity index is 2030. The van der Waals surface area contributed by atoms with E-state index in [0.29, 0.717) is 11.1 Å². The first-order valence-electron chi connectivity index (χ1n) is 15.6. The number of hydrogen-bond acceptors (Lipinski definition) is 7. The average Bonchev–Trinajstić information content (AvgIpc) is 3.64. The van der Waals surface area contributed by atoms with Crippen molar-refractivity contribution in [2.75, 3.05) is 0 Å². The molecule has 2 heterocycles. The third-order valence-corrected chi connectivity index (χ3v) is 12.6. The number of phenolic OH excluding ortho intramolecular Hbond substituents is 4. The predicted molar refractivity (Wildman–Crippen MR) is 189 cm³/mol. The first-order chi connectivity index (χ1) is 23.4. The fraction of sp³-hybridized carbons (Fsp3) is 0.0976. The molecule has 0 aliphatic carbocycles. The van der Waals surface area contributed by atoms with Crippen LogP contribution < -0.4 is 0 Å². The highest BCUT2D eigenvalue weighted by Gasteiger charge is 2.61. The van der Waals surface area contributed by atoms with Crippen molar-refractivity contribution in [2.45, 2.75) is 31.1 Å². The third-order valence-electron chi connectivity index (χ3n) is 9.72. The van der Waals surface area contributed by atoms with Crippen molar-refractivity contribution < 1.29 is 25.2 Å². The van der Waals surface area contributed by atoms with Gasteiger partial charge in [-0.25, -0.2) is 0 Å². The normalized spacial score (nSPS) is 22.6. The summed E-state index contributed by atoms with van der Waals surface area (Å²) in [5.74, 6) is 0.244. The maximum atomic E-state index is 16.0. The first-order valence-corrected chi connectivity index (χ1v) is 17.3. The molecular formula is C41H30O5S2. The van der Waals surface area contributed by atoms with Crippen molar-refractivity contribution in [2.24, 2.45) is 0 Å². The number of aromatic hydroxyl groups is 4. The fourth-order valence-electron chi connectivity index (χ4n) is 7.74. The van der Waals surface area contributed by atoms with Crippen LogP contribution in [0.15, 0.2) is 155 Å². The van der Waals surface area contributed by atoms with Gasteiger partial charge in [-0.3, -0.25) is 4.79 Å². The van der Waals surface area contributed by atoms with Crippen LogP contribution in [0.5, 0.6) is 23.0 Å². The Hall–Kier alpha value is -5.11. The topological polar surface area (TPSA) is 98.0 Å². The lowest BCUT2D eigenvalue weighted by Crippen LogP contribution is -2.50. The van der Waals surface area contributed by atoms with Crippen LogP contribution in [-0.4, -0.2) is 36.7 Å². The minimum Gasteiger partial charge on any atom is -0.508 e. The van der Waals surface area contributed by atoms with Gasteiger partial charge in [0.1, 0.15) is 23.0 Å². The summed E-state index contributed by atoms with van der Waals surface area (Å²) in [5.41, 5.74) is 2.21. The van der Waals surface area contributed by atoms with Crippen molar-refractivity contribution in [3.63, 3.8) is 0 Å². The number of hydrogen-bond donors (Lipinski definition) is 4. The predicted octanol–water partition coefficient (Wildman–Crippen LogP) is 8.40. The standard InChI is InChI=1S/C41H30O5S2/c42-27-21-17-25(18-22-27)40(29-9-1-5-13-33(29)44)31-11-3-7-15-35(31)47-38(40)37(46)39-41(26-19-23-28(43)24-20-26,30-10-2-6-14-34(30)45)32-12-4-8-16-36(32)48-39/h1-24,38-39,42-45H. The minimum atomic E-state index is -1.13. The summed E-state index contributed by atoms with van der Waals surface area (Å²) in [5, 5.41) is 42.3. The molecule has 0 radical (unpaired) electrons. The van der Waals surface area contributed by atoms with Crippen molar-refractivity contribution in [3.8, 4) is 23.0 Å². The molecule has 0 spiro atoms. The van der Waals surface area contributed by atoms with Gasteiger partial charge >= 0.3 is 0 Å². The molecule has 6 aromatic carbocycles. The van der Waals surface area contributed by atoms with E-state index in [1.807, 2.05) is 97.1 Å². The number of phenols is 4. The van der Waals surface area contributed by atoms with Gasteiger partial charge in [-0.15, -0.1) is 23.5 Å². The Morgan fingerprint density at radius 3 is 1.15 bits per heavy atom. The van der Waals surface area contributed by atoms with Gasteiger partial charge in [-0.2, -0.15) is 0 Å². The Labute approximate surface area is 286 Å². The zero-order valence-electron chi connectivity index (χ0n) is 25.5. The molecule has 0 saturated carbocycles. The van der Waals surface area contributed by atoms with Gasteiger partial charge < -0.3 is 20.4 Å². The van der Waals surface area contributed by atoms with Crippen molar-refractivity contribution >= 4 is 29.3 Å². The van der Waals surface area contributed by atoms with Crippen LogP contribution in [0.2, 0.25) is 0 Å². The molecule has 8 rings (SSSR count). The molecule has 7 heteroatoms. The van der Waals surface area contributed by atoms with E-state index in [0.717, 1.165) is 32.0 Å². The molecule has 2 aliphatic rings. The Morgan fingerprint density at radius 1 is 0.438 bits per heavy atom. The number of ketones is 1. The SMILES string of the molecule is O=C(C1Sc2ccccc2C1(c1ccc(O)cc1)c1ccccc1O)C1Sc2ccccc2C1(c1ccc(O)cc1)c1ccccc1O. The number of fused-ring (bicyclic) bond motifs is 2. The van der Waals surface area contributed by atoms with Gasteiger partial charge in [-0.1, -0.05) is 97.1 Å². The molecule has 4 unspecified atom stereocenters. The molecule has 236 valence electrons. The van der Waals surface area contributed by atoms with Crippen LogP contribution in [0.3, 0.4) is 0 Å². The van der Waals surface area contributed by atoms with E-state index >= 15 is 4.79 Å². The maximum Gasteiger partial charge on any atom is 0.162 e. The van der Waals surface area contributed by atoms with Crippen LogP contribution in [0.4, 0.5) is 0 Å². The quantitative estimate of drug-likeness (QED) is 0.142. The summed E-state index contributed by atoms with van der Waals surface area (Å²) >= 11 is 2.96. The number of carbonyl (C=O) groups is 1. The van der Waals surface area contributed by atoms with Gasteiger partial charge in [0.2, 0.25) is 0 Å². The van der Waals surface area contributed by atoms with Gasteiger partial charge in [0.05, 0.1) is 21.3 Å². The minimum absolute atomic E-state index is 0.0635. The van der Waals surface area contributed by atoms with Crippen LogP contribution in [0, 0.1) is 0 Å². The molecule has 0 bridgehead atoms. The molecular weight excluding hydrogens is 637 g/mol. The highest BCUT2D eigenvalue weighted by molar-refractivity contribution is 8.02. The zero-order valence-corrected chi connectivity index (χ0v) is 27.2. The first kappa shape index (κ1) is 30.2. The smallest absolute Gasteiger partial charge is 0.162 e. The van der Waals surface area contributed by atoms with E-state index in [-0.39, 0.29) is 28.8 Å². The molecule has 6 aromatic rings. The van der Waals surface area contributed by atoms with E-state index in [1.54, 1.807) is 48.5 Å². The van der Waals surface area contributed by atoms with Crippen LogP contribution in [-0.2, 0) is 15.6 Å². The van der Waals surface area contributed by atoms with Crippen molar-refractivity contribution in [1.29, 1.82) is 0 Å². The lowest BCUT2D eigenvalue weighted by Gasteiger charge is -2.41. The summed E-state index contributed by atoms with van der Waals surface area (Å²) in [6.45, 7) is 0. The molecule has 0 amide bonds. The van der Waals surface area contributed by atoms with E-state index in [2.05, 4.69) is 0 Å². The second-order valence-corrected chi connectivity index (χ2v) is 14.4. The van der Waals surface area contributed by atoms with E-state index in [9.17, 15) is 20.4 Å². The largest absolute Gasteiger partial charge is 0.508 e. The highest BCUT2D eigenvalue weighted by atomic mass is 32.2. The highest BCUT2D eigenvalue weighted by Crippen LogP contribution is 2.63. The molecule has 4 N–H and O–H groups in total. The number of benzene rings is 6. The summed E-state index contributed by atoms with van der Waals surface area (Å²) in [7, 11) is 0. The second-order valence-electron chi connectivity index (χ2n) is 12.1. The molecule has 0 fully saturated rings. The number of Topliss-reactive ketones (excluding diaryl/α,β-unsaturated/α-hetero) is 1. The number of para-hydroxylation sites is 2.